The van der Waals surface area contributed by atoms with Gasteiger partial charge in [-0.2, -0.15) is 0 Å². The van der Waals surface area contributed by atoms with Gasteiger partial charge >= 0.3 is 8.80 Å². The number of benzene rings is 1. The molecule has 0 spiro atoms. The molecule has 2 aromatic rings. The number of imidazole rings is 1. The Labute approximate surface area is 120 Å². The van der Waals surface area contributed by atoms with Gasteiger partial charge in [-0.3, -0.25) is 0 Å². The number of fused-ring (bicyclic) bond motifs is 1. The Balaban J connectivity index is 1.87. The second-order valence-corrected chi connectivity index (χ2v) is 7.77. The van der Waals surface area contributed by atoms with Crippen molar-refractivity contribution in [1.29, 1.82) is 0 Å². The Hall–Kier alpha value is -1.21. The molecule has 0 unspecified atom stereocenters. The first kappa shape index (κ1) is 15.2. The topological polar surface area (TPSA) is 45.5 Å². The number of hydrogen-bond donors (Lipinski definition) is 0. The SMILES string of the molecule is CO[Si](CCCCn1cnc2ccccc21)(OC)OC. The number of aryl methyl sites for hydroxylation is 1. The third-order valence-electron chi connectivity index (χ3n) is 3.59. The zero-order chi connectivity index (χ0) is 14.4. The van der Waals surface area contributed by atoms with E-state index in [0.29, 0.717) is 0 Å². The number of nitrogens with zero attached hydrogens (tertiary/aromatic N) is 2. The average Bonchev–Trinajstić information content (AvgIpc) is 2.92. The molecule has 0 bridgehead atoms. The zero-order valence-corrected chi connectivity index (χ0v) is 13.3. The van der Waals surface area contributed by atoms with E-state index in [9.17, 15) is 0 Å². The van der Waals surface area contributed by atoms with Gasteiger partial charge < -0.3 is 17.8 Å². The van der Waals surface area contributed by atoms with Crippen LogP contribution in [0.5, 0.6) is 0 Å². The Kier molecular flexibility index (Phi) is 5.30. The highest BCUT2D eigenvalue weighted by molar-refractivity contribution is 6.60. The van der Waals surface area contributed by atoms with Crippen LogP contribution in [-0.2, 0) is 19.8 Å². The maximum atomic E-state index is 5.42. The van der Waals surface area contributed by atoms with Crippen LogP contribution in [0.15, 0.2) is 30.6 Å². The van der Waals surface area contributed by atoms with Gasteiger partial charge in [0.2, 0.25) is 0 Å². The smallest absolute Gasteiger partial charge is 0.377 e. The predicted octanol–water partition coefficient (Wildman–Crippen LogP) is 2.69. The van der Waals surface area contributed by atoms with Gasteiger partial charge in [0, 0.05) is 33.9 Å². The molecule has 0 aliphatic carbocycles. The largest absolute Gasteiger partial charge is 0.500 e. The molecule has 0 saturated carbocycles. The number of rotatable bonds is 8. The van der Waals surface area contributed by atoms with Crippen molar-refractivity contribution >= 4 is 19.8 Å². The molecule has 5 nitrogen and oxygen atoms in total. The van der Waals surface area contributed by atoms with Gasteiger partial charge in [0.25, 0.3) is 0 Å². The summed E-state index contributed by atoms with van der Waals surface area (Å²) in [5.74, 6) is 0. The normalized spacial score (nSPS) is 12.2. The molecule has 0 aliphatic heterocycles. The van der Waals surface area contributed by atoms with Gasteiger partial charge in [0.1, 0.15) is 0 Å². The lowest BCUT2D eigenvalue weighted by atomic mass is 10.3. The quantitative estimate of drug-likeness (QED) is 0.555. The zero-order valence-electron chi connectivity index (χ0n) is 12.3. The molecule has 1 aromatic heterocycles. The van der Waals surface area contributed by atoms with Crippen LogP contribution in [0.3, 0.4) is 0 Å². The second-order valence-electron chi connectivity index (χ2n) is 4.68. The lowest BCUT2D eigenvalue weighted by Gasteiger charge is -2.24. The molecule has 0 fully saturated rings. The van der Waals surface area contributed by atoms with Gasteiger partial charge in [-0.25, -0.2) is 4.98 Å². The summed E-state index contributed by atoms with van der Waals surface area (Å²) in [5.41, 5.74) is 2.23. The summed E-state index contributed by atoms with van der Waals surface area (Å²) in [6, 6.07) is 9.02. The van der Waals surface area contributed by atoms with Crippen molar-refractivity contribution in [3.05, 3.63) is 30.6 Å². The van der Waals surface area contributed by atoms with E-state index >= 15 is 0 Å². The Morgan fingerprint density at radius 2 is 1.75 bits per heavy atom. The van der Waals surface area contributed by atoms with Crippen molar-refractivity contribution in [2.75, 3.05) is 21.3 Å². The highest BCUT2D eigenvalue weighted by atomic mass is 28.4. The van der Waals surface area contributed by atoms with Gasteiger partial charge in [0.05, 0.1) is 17.4 Å². The minimum absolute atomic E-state index is 0.836. The Morgan fingerprint density at radius 1 is 1.05 bits per heavy atom. The van der Waals surface area contributed by atoms with Crippen molar-refractivity contribution in [3.8, 4) is 0 Å². The molecule has 0 radical (unpaired) electrons. The highest BCUT2D eigenvalue weighted by Gasteiger charge is 2.36. The molecule has 0 atom stereocenters. The first-order valence-electron chi connectivity index (χ1n) is 6.80. The molecule has 0 aliphatic rings. The summed E-state index contributed by atoms with van der Waals surface area (Å²) in [5, 5.41) is 0. The van der Waals surface area contributed by atoms with Crippen LogP contribution >= 0.6 is 0 Å². The van der Waals surface area contributed by atoms with Crippen LogP contribution < -0.4 is 0 Å². The summed E-state index contributed by atoms with van der Waals surface area (Å²) in [4.78, 5) is 4.39. The molecular formula is C14H22N2O3Si. The van der Waals surface area contributed by atoms with Crippen molar-refractivity contribution in [2.45, 2.75) is 25.4 Å². The van der Waals surface area contributed by atoms with Crippen LogP contribution in [0.1, 0.15) is 12.8 Å². The van der Waals surface area contributed by atoms with E-state index in [1.807, 2.05) is 24.5 Å². The van der Waals surface area contributed by atoms with Crippen molar-refractivity contribution < 1.29 is 13.3 Å². The fraction of sp³-hybridized carbons (Fsp3) is 0.500. The molecule has 0 amide bonds. The van der Waals surface area contributed by atoms with Crippen LogP contribution in [0.4, 0.5) is 0 Å². The minimum atomic E-state index is -2.42. The number of hydrogen-bond acceptors (Lipinski definition) is 4. The van der Waals surface area contributed by atoms with Crippen molar-refractivity contribution in [3.63, 3.8) is 0 Å². The molecule has 0 N–H and O–H groups in total. The third kappa shape index (κ3) is 3.27. The molecule has 0 saturated heterocycles. The summed E-state index contributed by atoms with van der Waals surface area (Å²) in [6.45, 7) is 0.947. The fourth-order valence-corrected chi connectivity index (χ4v) is 4.16. The number of para-hydroxylation sites is 2. The van der Waals surface area contributed by atoms with Crippen molar-refractivity contribution in [1.82, 2.24) is 9.55 Å². The van der Waals surface area contributed by atoms with E-state index in [0.717, 1.165) is 30.9 Å². The van der Waals surface area contributed by atoms with Gasteiger partial charge in [-0.15, -0.1) is 0 Å². The molecule has 20 heavy (non-hydrogen) atoms. The monoisotopic (exact) mass is 294 g/mol. The fourth-order valence-electron chi connectivity index (χ4n) is 2.37. The lowest BCUT2D eigenvalue weighted by molar-refractivity contribution is 0.122. The summed E-state index contributed by atoms with van der Waals surface area (Å²) in [6.07, 6.45) is 3.96. The first-order valence-corrected chi connectivity index (χ1v) is 8.73. The lowest BCUT2D eigenvalue weighted by Crippen LogP contribution is -2.42. The van der Waals surface area contributed by atoms with E-state index < -0.39 is 8.80 Å². The van der Waals surface area contributed by atoms with Crippen LogP contribution in [0.2, 0.25) is 6.04 Å². The van der Waals surface area contributed by atoms with Crippen LogP contribution in [0.25, 0.3) is 11.0 Å². The molecule has 1 heterocycles. The van der Waals surface area contributed by atoms with Gasteiger partial charge in [-0.1, -0.05) is 12.1 Å². The third-order valence-corrected chi connectivity index (χ3v) is 6.42. The number of aromatic nitrogens is 2. The van der Waals surface area contributed by atoms with Gasteiger partial charge in [-0.05, 0) is 25.0 Å². The second kappa shape index (κ2) is 6.99. The summed E-state index contributed by atoms with van der Waals surface area (Å²) < 4.78 is 18.4. The van der Waals surface area contributed by atoms with E-state index in [1.165, 1.54) is 5.52 Å². The number of unbranched alkanes of at least 4 members (excludes halogenated alkanes) is 1. The maximum absolute atomic E-state index is 5.42. The molecule has 6 heteroatoms. The van der Waals surface area contributed by atoms with Crippen molar-refractivity contribution in [2.24, 2.45) is 0 Å². The summed E-state index contributed by atoms with van der Waals surface area (Å²) >= 11 is 0. The maximum Gasteiger partial charge on any atom is 0.500 e. The standard InChI is InChI=1S/C14H22N2O3Si/c1-17-20(18-2,19-3)11-7-6-10-16-12-15-13-8-4-5-9-14(13)16/h4-5,8-9,12H,6-7,10-11H2,1-3H3. The minimum Gasteiger partial charge on any atom is -0.377 e. The molecule has 1 aromatic carbocycles. The molecule has 2 rings (SSSR count). The Bertz CT molecular complexity index is 532. The van der Waals surface area contributed by atoms with E-state index in [2.05, 4.69) is 15.6 Å². The van der Waals surface area contributed by atoms with Crippen LogP contribution in [-0.4, -0.2) is 39.7 Å². The van der Waals surface area contributed by atoms with E-state index in [-0.39, 0.29) is 0 Å². The van der Waals surface area contributed by atoms with E-state index in [1.54, 1.807) is 21.3 Å². The first-order chi connectivity index (χ1) is 9.74. The highest BCUT2D eigenvalue weighted by Crippen LogP contribution is 2.18. The van der Waals surface area contributed by atoms with E-state index in [4.69, 9.17) is 13.3 Å². The summed E-state index contributed by atoms with van der Waals surface area (Å²) in [7, 11) is 2.55. The molecular weight excluding hydrogens is 272 g/mol. The van der Waals surface area contributed by atoms with Crippen LogP contribution in [0, 0.1) is 0 Å². The predicted molar refractivity (Wildman–Crippen MR) is 80.6 cm³/mol. The average molecular weight is 294 g/mol. The van der Waals surface area contributed by atoms with Gasteiger partial charge in [0.15, 0.2) is 0 Å². The molecule has 110 valence electrons. The Morgan fingerprint density at radius 3 is 2.45 bits per heavy atom.